The van der Waals surface area contributed by atoms with Crippen molar-refractivity contribution in [1.82, 2.24) is 10.2 Å². The van der Waals surface area contributed by atoms with Gasteiger partial charge in [-0.3, -0.25) is 13.9 Å². The minimum absolute atomic E-state index is 0.00493. The molecule has 40 heavy (non-hydrogen) atoms. The van der Waals surface area contributed by atoms with E-state index in [0.717, 1.165) is 26.3 Å². The molecule has 0 unspecified atom stereocenters. The molecule has 1 N–H and O–H groups in total. The molecule has 0 aliphatic carbocycles. The second kappa shape index (κ2) is 13.9. The van der Waals surface area contributed by atoms with Gasteiger partial charge in [0.15, 0.2) is 0 Å². The number of nitrogens with one attached hydrogen (secondary N) is 1. The molecular formula is C29H32BrCl2N3O4S. The normalized spacial score (nSPS) is 12.9. The van der Waals surface area contributed by atoms with Gasteiger partial charge in [0.05, 0.1) is 20.6 Å². The average molecular weight is 669 g/mol. The zero-order chi connectivity index (χ0) is 29.6. The van der Waals surface area contributed by atoms with Gasteiger partial charge in [0.25, 0.3) is 10.0 Å². The predicted molar refractivity (Wildman–Crippen MR) is 164 cm³/mol. The molecule has 214 valence electrons. The third kappa shape index (κ3) is 7.78. The lowest BCUT2D eigenvalue weighted by Crippen LogP contribution is -2.52. The van der Waals surface area contributed by atoms with E-state index < -0.39 is 28.5 Å². The van der Waals surface area contributed by atoms with Gasteiger partial charge in [-0.15, -0.1) is 0 Å². The standard InChI is InChI=1S/C29H32BrCl2N3O4S/c1-5-20(3)33-29(37)21(4)34(17-22-11-13-23(30)14-12-22)27(36)18-35(26-8-6-7-25(31)28(26)32)40(38,39)24-15-9-19(2)10-16-24/h6-16,20-21H,5,17-18H2,1-4H3,(H,33,37)/t20-,21-/m1/s1. The van der Waals surface area contributed by atoms with E-state index in [1.807, 2.05) is 45.0 Å². The van der Waals surface area contributed by atoms with Crippen LogP contribution in [0.4, 0.5) is 5.69 Å². The Hall–Kier alpha value is -2.59. The van der Waals surface area contributed by atoms with Crippen molar-refractivity contribution in [3.8, 4) is 0 Å². The van der Waals surface area contributed by atoms with Crippen LogP contribution in [0.1, 0.15) is 38.3 Å². The first-order valence-electron chi connectivity index (χ1n) is 12.7. The minimum atomic E-state index is -4.25. The monoisotopic (exact) mass is 667 g/mol. The number of amides is 2. The van der Waals surface area contributed by atoms with E-state index in [2.05, 4.69) is 21.2 Å². The lowest BCUT2D eigenvalue weighted by atomic mass is 10.1. The number of anilines is 1. The Bertz CT molecular complexity index is 1450. The van der Waals surface area contributed by atoms with E-state index >= 15 is 0 Å². The van der Waals surface area contributed by atoms with Crippen molar-refractivity contribution in [2.24, 2.45) is 0 Å². The topological polar surface area (TPSA) is 86.8 Å². The summed E-state index contributed by atoms with van der Waals surface area (Å²) in [7, 11) is -4.25. The third-order valence-electron chi connectivity index (χ3n) is 6.52. The highest BCUT2D eigenvalue weighted by Crippen LogP contribution is 2.35. The van der Waals surface area contributed by atoms with Gasteiger partial charge in [0.1, 0.15) is 12.6 Å². The Morgan fingerprint density at radius 1 is 0.975 bits per heavy atom. The molecule has 0 aliphatic heterocycles. The summed E-state index contributed by atoms with van der Waals surface area (Å²) in [6, 6.07) is 17.2. The maximum Gasteiger partial charge on any atom is 0.264 e. The molecule has 0 fully saturated rings. The molecule has 11 heteroatoms. The SMILES string of the molecule is CC[C@@H](C)NC(=O)[C@@H](C)N(Cc1ccc(Br)cc1)C(=O)CN(c1cccc(Cl)c1Cl)S(=O)(=O)c1ccc(C)cc1. The fourth-order valence-corrected chi connectivity index (χ4v) is 6.01. The summed E-state index contributed by atoms with van der Waals surface area (Å²) < 4.78 is 29.6. The first-order chi connectivity index (χ1) is 18.8. The number of carbonyl (C=O) groups is 2. The minimum Gasteiger partial charge on any atom is -0.352 e. The van der Waals surface area contributed by atoms with E-state index in [-0.39, 0.29) is 39.1 Å². The Morgan fingerprint density at radius 2 is 1.60 bits per heavy atom. The van der Waals surface area contributed by atoms with Crippen LogP contribution < -0.4 is 9.62 Å². The van der Waals surface area contributed by atoms with Gasteiger partial charge in [0, 0.05) is 17.1 Å². The third-order valence-corrected chi connectivity index (χ3v) is 9.63. The molecule has 2 atom stereocenters. The van der Waals surface area contributed by atoms with E-state index in [1.54, 1.807) is 25.1 Å². The molecular weight excluding hydrogens is 637 g/mol. The van der Waals surface area contributed by atoms with Crippen molar-refractivity contribution in [2.45, 2.75) is 57.6 Å². The first-order valence-corrected chi connectivity index (χ1v) is 15.7. The molecule has 0 saturated heterocycles. The van der Waals surface area contributed by atoms with Crippen molar-refractivity contribution in [3.05, 3.63) is 92.4 Å². The molecule has 0 heterocycles. The van der Waals surface area contributed by atoms with Crippen LogP contribution in [-0.4, -0.2) is 43.8 Å². The molecule has 2 amide bonds. The molecule has 3 aromatic rings. The highest BCUT2D eigenvalue weighted by molar-refractivity contribution is 9.10. The number of aryl methyl sites for hydroxylation is 1. The van der Waals surface area contributed by atoms with Crippen molar-refractivity contribution < 1.29 is 18.0 Å². The molecule has 0 aliphatic rings. The summed E-state index contributed by atoms with van der Waals surface area (Å²) in [4.78, 5) is 28.5. The number of halogens is 3. The predicted octanol–water partition coefficient (Wildman–Crippen LogP) is 6.59. The maximum absolute atomic E-state index is 14.0. The highest BCUT2D eigenvalue weighted by atomic mass is 79.9. The lowest BCUT2D eigenvalue weighted by molar-refractivity contribution is -0.139. The van der Waals surface area contributed by atoms with Gasteiger partial charge in [-0.2, -0.15) is 0 Å². The van der Waals surface area contributed by atoms with Crippen molar-refractivity contribution in [3.63, 3.8) is 0 Å². The van der Waals surface area contributed by atoms with Crippen LogP contribution in [0.15, 0.2) is 76.1 Å². The van der Waals surface area contributed by atoms with Gasteiger partial charge in [0.2, 0.25) is 11.8 Å². The summed E-state index contributed by atoms with van der Waals surface area (Å²) in [5.74, 6) is -0.921. The summed E-state index contributed by atoms with van der Waals surface area (Å²) in [6.45, 7) is 6.78. The van der Waals surface area contributed by atoms with Gasteiger partial charge in [-0.05, 0) is 69.2 Å². The summed E-state index contributed by atoms with van der Waals surface area (Å²) in [5.41, 5.74) is 1.71. The number of hydrogen-bond acceptors (Lipinski definition) is 4. The molecule has 0 saturated carbocycles. The number of carbonyl (C=O) groups excluding carboxylic acids is 2. The molecule has 0 spiro atoms. The van der Waals surface area contributed by atoms with Crippen LogP contribution in [0.25, 0.3) is 0 Å². The number of nitrogens with zero attached hydrogens (tertiary/aromatic N) is 2. The van der Waals surface area contributed by atoms with Gasteiger partial charge in [-0.1, -0.05) is 82.0 Å². The van der Waals surface area contributed by atoms with Crippen molar-refractivity contribution in [2.75, 3.05) is 10.8 Å². The van der Waals surface area contributed by atoms with Crippen LogP contribution in [-0.2, 0) is 26.2 Å². The fraction of sp³-hybridized carbons (Fsp3) is 0.310. The average Bonchev–Trinajstić information content (AvgIpc) is 2.92. The van der Waals surface area contributed by atoms with Gasteiger partial charge < -0.3 is 10.2 Å². The van der Waals surface area contributed by atoms with E-state index in [4.69, 9.17) is 23.2 Å². The molecule has 0 aromatic heterocycles. The number of benzene rings is 3. The molecule has 7 nitrogen and oxygen atoms in total. The zero-order valence-electron chi connectivity index (χ0n) is 22.7. The van der Waals surface area contributed by atoms with Crippen LogP contribution >= 0.6 is 39.1 Å². The Morgan fingerprint density at radius 3 is 2.20 bits per heavy atom. The molecule has 3 aromatic carbocycles. The Balaban J connectivity index is 2.06. The Kier molecular flexibility index (Phi) is 11.1. The summed E-state index contributed by atoms with van der Waals surface area (Å²) in [6.07, 6.45) is 0.717. The van der Waals surface area contributed by atoms with E-state index in [1.165, 1.54) is 29.2 Å². The number of rotatable bonds is 11. The van der Waals surface area contributed by atoms with E-state index in [9.17, 15) is 18.0 Å². The summed E-state index contributed by atoms with van der Waals surface area (Å²) in [5, 5.41) is 3.05. The second-order valence-electron chi connectivity index (χ2n) is 9.54. The van der Waals surface area contributed by atoms with Crippen molar-refractivity contribution >= 4 is 66.7 Å². The van der Waals surface area contributed by atoms with Crippen LogP contribution in [0.5, 0.6) is 0 Å². The van der Waals surface area contributed by atoms with Gasteiger partial charge >= 0.3 is 0 Å². The smallest absolute Gasteiger partial charge is 0.264 e. The quantitative estimate of drug-likeness (QED) is 0.250. The van der Waals surface area contributed by atoms with Crippen molar-refractivity contribution in [1.29, 1.82) is 0 Å². The second-order valence-corrected chi connectivity index (χ2v) is 13.1. The highest BCUT2D eigenvalue weighted by Gasteiger charge is 2.34. The van der Waals surface area contributed by atoms with E-state index in [0.29, 0.717) is 0 Å². The molecule has 0 radical (unpaired) electrons. The van der Waals surface area contributed by atoms with Crippen LogP contribution in [0.3, 0.4) is 0 Å². The summed E-state index contributed by atoms with van der Waals surface area (Å²) >= 11 is 16.1. The molecule has 3 rings (SSSR count). The largest absolute Gasteiger partial charge is 0.352 e. The van der Waals surface area contributed by atoms with Crippen LogP contribution in [0, 0.1) is 6.92 Å². The number of hydrogen-bond donors (Lipinski definition) is 1. The number of sulfonamides is 1. The first kappa shape index (κ1) is 31.9. The Labute approximate surface area is 254 Å². The lowest BCUT2D eigenvalue weighted by Gasteiger charge is -2.32. The van der Waals surface area contributed by atoms with Gasteiger partial charge in [-0.25, -0.2) is 8.42 Å². The van der Waals surface area contributed by atoms with Crippen LogP contribution in [0.2, 0.25) is 10.0 Å². The zero-order valence-corrected chi connectivity index (χ0v) is 26.6. The maximum atomic E-state index is 14.0. The fourth-order valence-electron chi connectivity index (χ4n) is 3.87. The molecule has 0 bridgehead atoms.